The Morgan fingerprint density at radius 3 is 2.92 bits per heavy atom. The summed E-state index contributed by atoms with van der Waals surface area (Å²) in [6.07, 6.45) is 3.85. The first-order chi connectivity index (χ1) is 5.84. The second-order valence-electron chi connectivity index (χ2n) is 2.65. The van der Waals surface area contributed by atoms with Crippen LogP contribution in [0.1, 0.15) is 18.5 Å². The zero-order valence-electron chi connectivity index (χ0n) is 7.03. The molecular formula is C10H13NS. The summed E-state index contributed by atoms with van der Waals surface area (Å²) < 4.78 is 0. The van der Waals surface area contributed by atoms with E-state index in [9.17, 15) is 0 Å². The normalized spacial score (nSPS) is 9.75. The molecule has 0 aromatic carbocycles. The van der Waals surface area contributed by atoms with Gasteiger partial charge < -0.3 is 0 Å². The summed E-state index contributed by atoms with van der Waals surface area (Å²) in [6.45, 7) is 3.97. The Morgan fingerprint density at radius 1 is 1.50 bits per heavy atom. The summed E-state index contributed by atoms with van der Waals surface area (Å²) in [5.41, 5.74) is 2.10. The van der Waals surface area contributed by atoms with Crippen LogP contribution in [0.2, 0.25) is 0 Å². The number of aromatic nitrogens is 1. The Bertz CT molecular complexity index is 243. The fourth-order valence-electron chi connectivity index (χ4n) is 0.992. The minimum Gasteiger partial charge on any atom is -0.257 e. The van der Waals surface area contributed by atoms with Crippen LogP contribution in [0.15, 0.2) is 31.0 Å². The van der Waals surface area contributed by atoms with Crippen molar-refractivity contribution in [3.63, 3.8) is 0 Å². The lowest BCUT2D eigenvalue weighted by Gasteiger charge is -2.02. The Morgan fingerprint density at radius 2 is 2.33 bits per heavy atom. The minimum absolute atomic E-state index is 0.909. The second kappa shape index (κ2) is 4.99. The van der Waals surface area contributed by atoms with Gasteiger partial charge in [0.25, 0.3) is 0 Å². The third-order valence-corrected chi connectivity index (χ3v) is 1.98. The molecule has 2 heteroatoms. The predicted octanol–water partition coefficient (Wildman–Crippen LogP) is 2.80. The number of hydrogen-bond acceptors (Lipinski definition) is 2. The van der Waals surface area contributed by atoms with Gasteiger partial charge in [-0.1, -0.05) is 12.6 Å². The van der Waals surface area contributed by atoms with Crippen LogP contribution < -0.4 is 0 Å². The van der Waals surface area contributed by atoms with Gasteiger partial charge in [-0.05, 0) is 36.3 Å². The Labute approximate surface area is 78.9 Å². The molecule has 64 valence electrons. The van der Waals surface area contributed by atoms with E-state index in [0.717, 1.165) is 29.9 Å². The third-order valence-electron chi connectivity index (χ3n) is 1.66. The summed E-state index contributed by atoms with van der Waals surface area (Å²) in [5, 5.41) is 0. The molecule has 0 aliphatic heterocycles. The monoisotopic (exact) mass is 179 g/mol. The van der Waals surface area contributed by atoms with Gasteiger partial charge in [0.15, 0.2) is 0 Å². The van der Waals surface area contributed by atoms with E-state index in [0.29, 0.717) is 0 Å². The van der Waals surface area contributed by atoms with Crippen molar-refractivity contribution in [3.05, 3.63) is 36.7 Å². The first kappa shape index (κ1) is 9.33. The molecule has 0 amide bonds. The van der Waals surface area contributed by atoms with Crippen molar-refractivity contribution in [3.8, 4) is 0 Å². The van der Waals surface area contributed by atoms with Crippen molar-refractivity contribution in [2.24, 2.45) is 0 Å². The highest BCUT2D eigenvalue weighted by Gasteiger charge is 1.97. The molecule has 0 aliphatic rings. The average Bonchev–Trinajstić information content (AvgIpc) is 2.15. The van der Waals surface area contributed by atoms with Gasteiger partial charge in [0, 0.05) is 6.20 Å². The smallest absolute Gasteiger partial charge is 0.0655 e. The number of rotatable bonds is 4. The summed E-state index contributed by atoms with van der Waals surface area (Å²) in [7, 11) is 0. The van der Waals surface area contributed by atoms with Gasteiger partial charge in [-0.3, -0.25) is 4.98 Å². The van der Waals surface area contributed by atoms with Gasteiger partial charge in [0.05, 0.1) is 5.69 Å². The molecule has 1 nitrogen and oxygen atoms in total. The largest absolute Gasteiger partial charge is 0.257 e. The van der Waals surface area contributed by atoms with Crippen LogP contribution in [0.3, 0.4) is 0 Å². The molecule has 0 aliphatic carbocycles. The highest BCUT2D eigenvalue weighted by atomic mass is 32.1. The van der Waals surface area contributed by atoms with E-state index in [-0.39, 0.29) is 0 Å². The lowest BCUT2D eigenvalue weighted by Crippen LogP contribution is -1.87. The quantitative estimate of drug-likeness (QED) is 0.701. The van der Waals surface area contributed by atoms with Crippen LogP contribution in [0.25, 0.3) is 5.57 Å². The van der Waals surface area contributed by atoms with Crippen molar-refractivity contribution in [2.45, 2.75) is 12.8 Å². The van der Waals surface area contributed by atoms with E-state index in [1.807, 2.05) is 18.2 Å². The van der Waals surface area contributed by atoms with Gasteiger partial charge in [0.2, 0.25) is 0 Å². The SMILES string of the molecule is C=C(CCCS)c1ccccn1. The van der Waals surface area contributed by atoms with E-state index in [1.165, 1.54) is 0 Å². The van der Waals surface area contributed by atoms with E-state index < -0.39 is 0 Å². The maximum absolute atomic E-state index is 4.21. The summed E-state index contributed by atoms with van der Waals surface area (Å²) in [4.78, 5) is 4.21. The molecule has 1 heterocycles. The number of hydrogen-bond donors (Lipinski definition) is 1. The Hall–Kier alpha value is -0.760. The fraction of sp³-hybridized carbons (Fsp3) is 0.300. The highest BCUT2D eigenvalue weighted by Crippen LogP contribution is 2.14. The lowest BCUT2D eigenvalue weighted by molar-refractivity contribution is 0.983. The zero-order chi connectivity index (χ0) is 8.81. The predicted molar refractivity (Wildman–Crippen MR) is 56.4 cm³/mol. The topological polar surface area (TPSA) is 12.9 Å². The number of pyridine rings is 1. The van der Waals surface area contributed by atoms with Gasteiger partial charge >= 0.3 is 0 Å². The number of allylic oxidation sites excluding steroid dienone is 1. The molecule has 0 spiro atoms. The molecule has 1 aromatic rings. The standard InChI is InChI=1S/C10H13NS/c1-9(5-4-8-12)10-6-2-3-7-11-10/h2-3,6-7,12H,1,4-5,8H2. The highest BCUT2D eigenvalue weighted by molar-refractivity contribution is 7.80. The first-order valence-corrected chi connectivity index (χ1v) is 4.68. The fourth-order valence-corrected chi connectivity index (χ4v) is 1.15. The van der Waals surface area contributed by atoms with Gasteiger partial charge in [-0.25, -0.2) is 0 Å². The van der Waals surface area contributed by atoms with Crippen LogP contribution in [-0.2, 0) is 0 Å². The third kappa shape index (κ3) is 2.70. The van der Waals surface area contributed by atoms with Crippen LogP contribution in [0.5, 0.6) is 0 Å². The van der Waals surface area contributed by atoms with Crippen molar-refractivity contribution in [1.29, 1.82) is 0 Å². The number of thiol groups is 1. The molecule has 0 saturated carbocycles. The maximum Gasteiger partial charge on any atom is 0.0655 e. The van der Waals surface area contributed by atoms with E-state index in [2.05, 4.69) is 24.2 Å². The average molecular weight is 179 g/mol. The zero-order valence-corrected chi connectivity index (χ0v) is 7.93. The Balaban J connectivity index is 2.54. The molecule has 0 radical (unpaired) electrons. The molecule has 12 heavy (non-hydrogen) atoms. The summed E-state index contributed by atoms with van der Waals surface area (Å²) >= 11 is 4.15. The van der Waals surface area contributed by atoms with E-state index >= 15 is 0 Å². The second-order valence-corrected chi connectivity index (χ2v) is 3.09. The molecule has 0 fully saturated rings. The number of nitrogens with zero attached hydrogens (tertiary/aromatic N) is 1. The molecule has 0 unspecified atom stereocenters. The lowest BCUT2D eigenvalue weighted by atomic mass is 10.1. The Kier molecular flexibility index (Phi) is 3.88. The molecular weight excluding hydrogens is 166 g/mol. The van der Waals surface area contributed by atoms with Crippen LogP contribution in [-0.4, -0.2) is 10.7 Å². The molecule has 0 N–H and O–H groups in total. The minimum atomic E-state index is 0.909. The molecule has 0 atom stereocenters. The van der Waals surface area contributed by atoms with E-state index in [1.54, 1.807) is 6.20 Å². The molecule has 1 rings (SSSR count). The molecule has 0 saturated heterocycles. The maximum atomic E-state index is 4.21. The van der Waals surface area contributed by atoms with E-state index in [4.69, 9.17) is 0 Å². The van der Waals surface area contributed by atoms with Crippen molar-refractivity contribution in [2.75, 3.05) is 5.75 Å². The van der Waals surface area contributed by atoms with Gasteiger partial charge in [-0.15, -0.1) is 0 Å². The van der Waals surface area contributed by atoms with Crippen LogP contribution in [0, 0.1) is 0 Å². The first-order valence-electron chi connectivity index (χ1n) is 4.04. The van der Waals surface area contributed by atoms with Crippen molar-refractivity contribution < 1.29 is 0 Å². The van der Waals surface area contributed by atoms with Gasteiger partial charge in [0.1, 0.15) is 0 Å². The van der Waals surface area contributed by atoms with Crippen molar-refractivity contribution in [1.82, 2.24) is 4.98 Å². The van der Waals surface area contributed by atoms with Crippen LogP contribution in [0.4, 0.5) is 0 Å². The summed E-state index contributed by atoms with van der Waals surface area (Å²) in [5.74, 6) is 0.909. The van der Waals surface area contributed by atoms with Crippen molar-refractivity contribution >= 4 is 18.2 Å². The summed E-state index contributed by atoms with van der Waals surface area (Å²) in [6, 6.07) is 5.88. The van der Waals surface area contributed by atoms with Crippen LogP contribution >= 0.6 is 12.6 Å². The molecule has 0 bridgehead atoms. The van der Waals surface area contributed by atoms with Gasteiger partial charge in [-0.2, -0.15) is 12.6 Å². The molecule has 1 aromatic heterocycles.